The standard InChI is InChI=1S/C10H15NO4S/c1-3-5-15-10(14)11-7(9(12)13)6-16-8(11)4-2/h3,7-8H,1,4-6H2,2H3,(H,12,13). The van der Waals surface area contributed by atoms with Gasteiger partial charge in [0.1, 0.15) is 12.6 Å². The van der Waals surface area contributed by atoms with Crippen molar-refractivity contribution in [3.05, 3.63) is 12.7 Å². The third kappa shape index (κ3) is 2.69. The first-order valence-corrected chi connectivity index (χ1v) is 6.07. The van der Waals surface area contributed by atoms with E-state index in [9.17, 15) is 9.59 Å². The molecule has 1 amide bonds. The number of carbonyl (C=O) groups excluding carboxylic acids is 1. The number of carboxylic acids is 1. The van der Waals surface area contributed by atoms with Crippen LogP contribution in [0, 0.1) is 0 Å². The molecule has 6 heteroatoms. The monoisotopic (exact) mass is 245 g/mol. The Morgan fingerprint density at radius 1 is 1.69 bits per heavy atom. The van der Waals surface area contributed by atoms with Crippen LogP contribution in [-0.2, 0) is 9.53 Å². The second-order valence-corrected chi connectivity index (χ2v) is 4.53. The van der Waals surface area contributed by atoms with Crippen LogP contribution in [0.2, 0.25) is 0 Å². The van der Waals surface area contributed by atoms with E-state index in [2.05, 4.69) is 6.58 Å². The van der Waals surface area contributed by atoms with E-state index in [4.69, 9.17) is 9.84 Å². The largest absolute Gasteiger partial charge is 0.480 e. The summed E-state index contributed by atoms with van der Waals surface area (Å²) in [5.41, 5.74) is 0. The Labute approximate surface area is 98.4 Å². The lowest BCUT2D eigenvalue weighted by atomic mass is 10.3. The zero-order valence-electron chi connectivity index (χ0n) is 9.09. The average molecular weight is 245 g/mol. The van der Waals surface area contributed by atoms with Crippen molar-refractivity contribution in [3.63, 3.8) is 0 Å². The van der Waals surface area contributed by atoms with Crippen LogP contribution in [0.15, 0.2) is 12.7 Å². The molecule has 2 atom stereocenters. The van der Waals surface area contributed by atoms with Crippen LogP contribution in [0.5, 0.6) is 0 Å². The molecular weight excluding hydrogens is 230 g/mol. The molecule has 1 heterocycles. The summed E-state index contributed by atoms with van der Waals surface area (Å²) in [5.74, 6) is -0.573. The van der Waals surface area contributed by atoms with Crippen LogP contribution < -0.4 is 0 Å². The number of thioether (sulfide) groups is 1. The SMILES string of the molecule is C=CCOC(=O)N1C(CC)SCC1C(=O)O. The molecule has 16 heavy (non-hydrogen) atoms. The summed E-state index contributed by atoms with van der Waals surface area (Å²) in [6.07, 6.45) is 1.58. The van der Waals surface area contributed by atoms with E-state index in [1.165, 1.54) is 22.7 Å². The molecular formula is C10H15NO4S. The Balaban J connectivity index is 2.72. The fraction of sp³-hybridized carbons (Fsp3) is 0.600. The fourth-order valence-electron chi connectivity index (χ4n) is 1.52. The molecule has 1 N–H and O–H groups in total. The van der Waals surface area contributed by atoms with Crippen molar-refractivity contribution in [2.45, 2.75) is 24.8 Å². The highest BCUT2D eigenvalue weighted by atomic mass is 32.2. The predicted molar refractivity (Wildman–Crippen MR) is 61.3 cm³/mol. The summed E-state index contributed by atoms with van der Waals surface area (Å²) in [4.78, 5) is 23.9. The topological polar surface area (TPSA) is 66.8 Å². The highest BCUT2D eigenvalue weighted by molar-refractivity contribution is 8.00. The molecule has 0 saturated carbocycles. The zero-order valence-corrected chi connectivity index (χ0v) is 9.90. The maximum Gasteiger partial charge on any atom is 0.411 e. The first-order valence-electron chi connectivity index (χ1n) is 5.02. The van der Waals surface area contributed by atoms with Crippen LogP contribution in [0.3, 0.4) is 0 Å². The Morgan fingerprint density at radius 2 is 2.38 bits per heavy atom. The quantitative estimate of drug-likeness (QED) is 0.761. The average Bonchev–Trinajstić information content (AvgIpc) is 2.69. The molecule has 5 nitrogen and oxygen atoms in total. The van der Waals surface area contributed by atoms with Crippen molar-refractivity contribution in [1.29, 1.82) is 0 Å². The summed E-state index contributed by atoms with van der Waals surface area (Å²) in [7, 11) is 0. The van der Waals surface area contributed by atoms with E-state index >= 15 is 0 Å². The molecule has 0 aromatic heterocycles. The van der Waals surface area contributed by atoms with E-state index < -0.39 is 18.1 Å². The van der Waals surface area contributed by atoms with Gasteiger partial charge in [0.15, 0.2) is 0 Å². The summed E-state index contributed by atoms with van der Waals surface area (Å²) >= 11 is 1.47. The van der Waals surface area contributed by atoms with Gasteiger partial charge in [0.25, 0.3) is 0 Å². The minimum atomic E-state index is -0.987. The van der Waals surface area contributed by atoms with Gasteiger partial charge in [0, 0.05) is 5.75 Å². The van der Waals surface area contributed by atoms with Gasteiger partial charge in [0.2, 0.25) is 0 Å². The molecule has 0 bridgehead atoms. The third-order valence-electron chi connectivity index (χ3n) is 2.26. The van der Waals surface area contributed by atoms with Gasteiger partial charge in [-0.15, -0.1) is 11.8 Å². The molecule has 0 radical (unpaired) electrons. The number of rotatable bonds is 4. The van der Waals surface area contributed by atoms with Crippen molar-refractivity contribution in [2.75, 3.05) is 12.4 Å². The first kappa shape index (κ1) is 12.9. The maximum absolute atomic E-state index is 11.7. The Bertz CT molecular complexity index is 295. The highest BCUT2D eigenvalue weighted by Gasteiger charge is 2.41. The molecule has 1 fully saturated rings. The Morgan fingerprint density at radius 3 is 2.88 bits per heavy atom. The lowest BCUT2D eigenvalue weighted by Gasteiger charge is -2.25. The van der Waals surface area contributed by atoms with Gasteiger partial charge < -0.3 is 9.84 Å². The number of hydrogen-bond acceptors (Lipinski definition) is 4. The number of aliphatic carboxylic acids is 1. The summed E-state index contributed by atoms with van der Waals surface area (Å²) in [6.45, 7) is 5.45. The van der Waals surface area contributed by atoms with Gasteiger partial charge in [-0.3, -0.25) is 4.90 Å². The highest BCUT2D eigenvalue weighted by Crippen LogP contribution is 2.31. The third-order valence-corrected chi connectivity index (χ3v) is 3.72. The van der Waals surface area contributed by atoms with Gasteiger partial charge in [-0.25, -0.2) is 9.59 Å². The summed E-state index contributed by atoms with van der Waals surface area (Å²) in [5, 5.41) is 8.88. The molecule has 0 aliphatic carbocycles. The van der Waals surface area contributed by atoms with Crippen molar-refractivity contribution in [3.8, 4) is 0 Å². The number of carboxylic acid groups (broad SMARTS) is 1. The number of amides is 1. The van der Waals surface area contributed by atoms with Crippen LogP contribution >= 0.6 is 11.8 Å². The molecule has 0 aromatic rings. The summed E-state index contributed by atoms with van der Waals surface area (Å²) < 4.78 is 4.88. The Hall–Kier alpha value is -1.17. The number of ether oxygens (including phenoxy) is 1. The fourth-order valence-corrected chi connectivity index (χ4v) is 2.85. The molecule has 0 spiro atoms. The molecule has 0 aromatic carbocycles. The van der Waals surface area contributed by atoms with Crippen LogP contribution in [0.4, 0.5) is 4.79 Å². The van der Waals surface area contributed by atoms with Crippen molar-refractivity contribution >= 4 is 23.8 Å². The van der Waals surface area contributed by atoms with Crippen molar-refractivity contribution in [2.24, 2.45) is 0 Å². The van der Waals surface area contributed by atoms with E-state index in [0.717, 1.165) is 0 Å². The van der Waals surface area contributed by atoms with Gasteiger partial charge in [-0.2, -0.15) is 0 Å². The zero-order chi connectivity index (χ0) is 12.1. The van der Waals surface area contributed by atoms with Crippen LogP contribution in [-0.4, -0.2) is 45.8 Å². The lowest BCUT2D eigenvalue weighted by molar-refractivity contribution is -0.141. The van der Waals surface area contributed by atoms with E-state index in [0.29, 0.717) is 12.2 Å². The number of nitrogens with zero attached hydrogens (tertiary/aromatic N) is 1. The van der Waals surface area contributed by atoms with Crippen LogP contribution in [0.25, 0.3) is 0 Å². The van der Waals surface area contributed by atoms with E-state index in [-0.39, 0.29) is 12.0 Å². The van der Waals surface area contributed by atoms with E-state index in [1.807, 2.05) is 6.92 Å². The van der Waals surface area contributed by atoms with Gasteiger partial charge in [0.05, 0.1) is 5.37 Å². The first-order chi connectivity index (χ1) is 7.61. The Kier molecular flexibility index (Phi) is 4.67. The second kappa shape index (κ2) is 5.79. The van der Waals surface area contributed by atoms with E-state index in [1.54, 1.807) is 0 Å². The van der Waals surface area contributed by atoms with Crippen molar-refractivity contribution in [1.82, 2.24) is 4.90 Å². The molecule has 1 rings (SSSR count). The smallest absolute Gasteiger partial charge is 0.411 e. The molecule has 2 unspecified atom stereocenters. The van der Waals surface area contributed by atoms with Crippen molar-refractivity contribution < 1.29 is 19.4 Å². The molecule has 90 valence electrons. The molecule has 1 aliphatic rings. The maximum atomic E-state index is 11.7. The normalized spacial score (nSPS) is 24.2. The molecule has 1 aliphatic heterocycles. The lowest BCUT2D eigenvalue weighted by Crippen LogP contribution is -2.45. The van der Waals surface area contributed by atoms with Crippen LogP contribution in [0.1, 0.15) is 13.3 Å². The number of hydrogen-bond donors (Lipinski definition) is 1. The van der Waals surface area contributed by atoms with Gasteiger partial charge in [-0.05, 0) is 6.42 Å². The summed E-state index contributed by atoms with van der Waals surface area (Å²) in [6, 6.07) is -0.785. The minimum absolute atomic E-state index is 0.1000. The number of carbonyl (C=O) groups is 2. The molecule has 1 saturated heterocycles. The second-order valence-electron chi connectivity index (χ2n) is 3.32. The minimum Gasteiger partial charge on any atom is -0.480 e. The van der Waals surface area contributed by atoms with Gasteiger partial charge >= 0.3 is 12.1 Å². The predicted octanol–water partition coefficient (Wildman–Crippen LogP) is 1.55. The van der Waals surface area contributed by atoms with Gasteiger partial charge in [-0.1, -0.05) is 19.6 Å².